The van der Waals surface area contributed by atoms with Crippen molar-refractivity contribution in [2.24, 2.45) is 0 Å². The van der Waals surface area contributed by atoms with E-state index in [1.54, 1.807) is 31.2 Å². The number of nitrogens with zero attached hydrogens (tertiary/aromatic N) is 2. The molecule has 0 unspecified atom stereocenters. The molecule has 1 N–H and O–H groups in total. The molecule has 0 radical (unpaired) electrons. The summed E-state index contributed by atoms with van der Waals surface area (Å²) in [6, 6.07) is 6.64. The SMILES string of the molecule is CC(=O)n1cc(C(=O)Nc2cc(C)on2)c2ccc(Cl)cc21. The molecular weight excluding hydrogens is 306 g/mol. The summed E-state index contributed by atoms with van der Waals surface area (Å²) in [5.74, 6) is 0.331. The minimum absolute atomic E-state index is 0.205. The predicted octanol–water partition coefficient (Wildman–Crippen LogP) is 3.50. The topological polar surface area (TPSA) is 77.1 Å². The summed E-state index contributed by atoms with van der Waals surface area (Å²) >= 11 is 5.97. The highest BCUT2D eigenvalue weighted by atomic mass is 35.5. The Morgan fingerprint density at radius 1 is 1.32 bits per heavy atom. The van der Waals surface area contributed by atoms with Crippen LogP contribution in [-0.2, 0) is 0 Å². The van der Waals surface area contributed by atoms with E-state index in [1.165, 1.54) is 17.7 Å². The van der Waals surface area contributed by atoms with Gasteiger partial charge in [0, 0.05) is 29.6 Å². The van der Waals surface area contributed by atoms with Gasteiger partial charge in [0.15, 0.2) is 5.82 Å². The van der Waals surface area contributed by atoms with Crippen LogP contribution in [0, 0.1) is 6.92 Å². The summed E-state index contributed by atoms with van der Waals surface area (Å²) in [5.41, 5.74) is 0.948. The number of fused-ring (bicyclic) bond motifs is 1. The number of carbonyl (C=O) groups is 2. The second kappa shape index (κ2) is 5.31. The van der Waals surface area contributed by atoms with Crippen molar-refractivity contribution in [3.8, 4) is 0 Å². The maximum absolute atomic E-state index is 12.4. The second-order valence-corrected chi connectivity index (χ2v) is 5.31. The fourth-order valence-corrected chi connectivity index (χ4v) is 2.42. The van der Waals surface area contributed by atoms with Crippen LogP contribution in [0.2, 0.25) is 5.02 Å². The van der Waals surface area contributed by atoms with Gasteiger partial charge in [0.1, 0.15) is 5.76 Å². The van der Waals surface area contributed by atoms with Crippen molar-refractivity contribution in [3.63, 3.8) is 0 Å². The molecule has 3 aromatic rings. The zero-order valence-electron chi connectivity index (χ0n) is 11.9. The van der Waals surface area contributed by atoms with E-state index >= 15 is 0 Å². The van der Waals surface area contributed by atoms with E-state index in [9.17, 15) is 9.59 Å². The fourth-order valence-electron chi connectivity index (χ4n) is 2.25. The minimum Gasteiger partial charge on any atom is -0.360 e. The molecule has 22 heavy (non-hydrogen) atoms. The van der Waals surface area contributed by atoms with Crippen molar-refractivity contribution in [2.75, 3.05) is 5.32 Å². The number of aryl methyl sites for hydroxylation is 1. The van der Waals surface area contributed by atoms with Crippen LogP contribution in [0.15, 0.2) is 35.0 Å². The molecule has 0 atom stereocenters. The number of carbonyl (C=O) groups excluding carboxylic acids is 2. The molecular formula is C15H12ClN3O3. The van der Waals surface area contributed by atoms with Crippen LogP contribution in [0.4, 0.5) is 5.82 Å². The largest absolute Gasteiger partial charge is 0.360 e. The number of amides is 1. The molecule has 112 valence electrons. The van der Waals surface area contributed by atoms with Gasteiger partial charge in [-0.1, -0.05) is 22.8 Å². The zero-order chi connectivity index (χ0) is 15.9. The number of halogens is 1. The highest BCUT2D eigenvalue weighted by Gasteiger charge is 2.18. The van der Waals surface area contributed by atoms with E-state index < -0.39 is 0 Å². The summed E-state index contributed by atoms with van der Waals surface area (Å²) in [6.07, 6.45) is 1.49. The van der Waals surface area contributed by atoms with Crippen LogP contribution in [0.3, 0.4) is 0 Å². The Bertz CT molecular complexity index is 895. The molecule has 0 aliphatic heterocycles. The molecule has 2 heterocycles. The summed E-state index contributed by atoms with van der Waals surface area (Å²) in [6.45, 7) is 3.15. The molecule has 7 heteroatoms. The van der Waals surface area contributed by atoms with Crippen molar-refractivity contribution < 1.29 is 14.1 Å². The highest BCUT2D eigenvalue weighted by Crippen LogP contribution is 2.25. The number of aromatic nitrogens is 2. The average Bonchev–Trinajstić information content (AvgIpc) is 3.02. The summed E-state index contributed by atoms with van der Waals surface area (Å²) in [5, 5.41) is 7.48. The Morgan fingerprint density at radius 2 is 2.09 bits per heavy atom. The summed E-state index contributed by atoms with van der Waals surface area (Å²) in [7, 11) is 0. The Hall–Kier alpha value is -2.60. The lowest BCUT2D eigenvalue weighted by Crippen LogP contribution is -2.12. The number of benzene rings is 1. The van der Waals surface area contributed by atoms with E-state index in [-0.39, 0.29) is 11.8 Å². The minimum atomic E-state index is -0.374. The number of hydrogen-bond donors (Lipinski definition) is 1. The van der Waals surface area contributed by atoms with Gasteiger partial charge < -0.3 is 9.84 Å². The summed E-state index contributed by atoms with van der Waals surface area (Å²) in [4.78, 5) is 24.1. The molecule has 0 spiro atoms. The smallest absolute Gasteiger partial charge is 0.259 e. The monoisotopic (exact) mass is 317 g/mol. The first-order valence-corrected chi connectivity index (χ1v) is 6.89. The van der Waals surface area contributed by atoms with Gasteiger partial charge in [-0.2, -0.15) is 0 Å². The first kappa shape index (κ1) is 14.3. The van der Waals surface area contributed by atoms with Crippen molar-refractivity contribution in [2.45, 2.75) is 13.8 Å². The summed E-state index contributed by atoms with van der Waals surface area (Å²) < 4.78 is 6.30. The van der Waals surface area contributed by atoms with Crippen LogP contribution in [0.25, 0.3) is 10.9 Å². The van der Waals surface area contributed by atoms with E-state index in [1.807, 2.05) is 0 Å². The molecule has 0 saturated heterocycles. The third kappa shape index (κ3) is 2.48. The average molecular weight is 318 g/mol. The van der Waals surface area contributed by atoms with Gasteiger partial charge >= 0.3 is 0 Å². The molecule has 0 saturated carbocycles. The third-order valence-electron chi connectivity index (χ3n) is 3.22. The van der Waals surface area contributed by atoms with Crippen molar-refractivity contribution >= 4 is 40.1 Å². The van der Waals surface area contributed by atoms with Gasteiger partial charge in [-0.15, -0.1) is 0 Å². The lowest BCUT2D eigenvalue weighted by Gasteiger charge is -1.99. The third-order valence-corrected chi connectivity index (χ3v) is 3.46. The van der Waals surface area contributed by atoms with Crippen molar-refractivity contribution in [1.82, 2.24) is 9.72 Å². The lowest BCUT2D eigenvalue weighted by atomic mass is 10.1. The maximum atomic E-state index is 12.4. The van der Waals surface area contributed by atoms with Gasteiger partial charge in [0.05, 0.1) is 11.1 Å². The fraction of sp³-hybridized carbons (Fsp3) is 0.133. The second-order valence-electron chi connectivity index (χ2n) is 4.87. The number of nitrogens with one attached hydrogen (secondary N) is 1. The Morgan fingerprint density at radius 3 is 2.73 bits per heavy atom. The molecule has 0 aliphatic carbocycles. The van der Waals surface area contributed by atoms with Crippen LogP contribution in [-0.4, -0.2) is 21.5 Å². The van der Waals surface area contributed by atoms with Crippen LogP contribution < -0.4 is 5.32 Å². The van der Waals surface area contributed by atoms with Gasteiger partial charge in [0.25, 0.3) is 5.91 Å². The molecule has 3 rings (SSSR count). The quantitative estimate of drug-likeness (QED) is 0.784. The van der Waals surface area contributed by atoms with Crippen LogP contribution in [0.1, 0.15) is 27.8 Å². The molecule has 0 bridgehead atoms. The Balaban J connectivity index is 2.06. The standard InChI is InChI=1S/C15H12ClN3O3/c1-8-5-14(18-22-8)17-15(21)12-7-19(9(2)20)13-6-10(16)3-4-11(12)13/h3-7H,1-2H3,(H,17,18,21). The first-order chi connectivity index (χ1) is 10.5. The molecule has 2 aromatic heterocycles. The normalized spacial score (nSPS) is 10.9. The van der Waals surface area contributed by atoms with Crippen molar-refractivity contribution in [3.05, 3.63) is 46.8 Å². The highest BCUT2D eigenvalue weighted by molar-refractivity contribution is 6.31. The van der Waals surface area contributed by atoms with Gasteiger partial charge in [-0.3, -0.25) is 14.2 Å². The predicted molar refractivity (Wildman–Crippen MR) is 82.4 cm³/mol. The maximum Gasteiger partial charge on any atom is 0.259 e. The van der Waals surface area contributed by atoms with E-state index in [0.29, 0.717) is 33.1 Å². The molecule has 0 aliphatic rings. The van der Waals surface area contributed by atoms with E-state index in [0.717, 1.165) is 0 Å². The van der Waals surface area contributed by atoms with Gasteiger partial charge in [0.2, 0.25) is 5.91 Å². The molecule has 0 fully saturated rings. The molecule has 1 amide bonds. The molecule has 6 nitrogen and oxygen atoms in total. The lowest BCUT2D eigenvalue weighted by molar-refractivity contribution is 0.0941. The van der Waals surface area contributed by atoms with Crippen molar-refractivity contribution in [1.29, 1.82) is 0 Å². The zero-order valence-corrected chi connectivity index (χ0v) is 12.6. The van der Waals surface area contributed by atoms with E-state index in [2.05, 4.69) is 10.5 Å². The van der Waals surface area contributed by atoms with Crippen LogP contribution in [0.5, 0.6) is 0 Å². The Labute approximate surface area is 130 Å². The Kier molecular flexibility index (Phi) is 3.46. The molecule has 1 aromatic carbocycles. The number of rotatable bonds is 2. The van der Waals surface area contributed by atoms with Gasteiger partial charge in [-0.25, -0.2) is 0 Å². The van der Waals surface area contributed by atoms with E-state index in [4.69, 9.17) is 16.1 Å². The number of anilines is 1. The van der Waals surface area contributed by atoms with Crippen LogP contribution >= 0.6 is 11.6 Å². The van der Waals surface area contributed by atoms with Gasteiger partial charge in [-0.05, 0) is 19.1 Å². The number of hydrogen-bond acceptors (Lipinski definition) is 4. The first-order valence-electron chi connectivity index (χ1n) is 6.52.